The van der Waals surface area contributed by atoms with E-state index in [0.717, 1.165) is 0 Å². The van der Waals surface area contributed by atoms with Gasteiger partial charge >= 0.3 is 11.9 Å². The minimum absolute atomic E-state index is 0.0403. The maximum Gasteiger partial charge on any atom is 0.326 e. The van der Waals surface area contributed by atoms with Gasteiger partial charge in [-0.3, -0.25) is 9.59 Å². The van der Waals surface area contributed by atoms with Gasteiger partial charge in [-0.1, -0.05) is 11.6 Å². The monoisotopic (exact) mass is 299 g/mol. The van der Waals surface area contributed by atoms with Crippen LogP contribution >= 0.6 is 11.6 Å². The number of carbonyl (C=O) groups excluding carboxylic acids is 2. The van der Waals surface area contributed by atoms with Crippen molar-refractivity contribution in [2.45, 2.75) is 18.9 Å². The molecule has 0 saturated carbocycles. The van der Waals surface area contributed by atoms with E-state index in [4.69, 9.17) is 16.7 Å². The van der Waals surface area contributed by atoms with E-state index in [2.05, 4.69) is 10.1 Å². The van der Waals surface area contributed by atoms with Crippen molar-refractivity contribution in [1.82, 2.24) is 5.32 Å². The van der Waals surface area contributed by atoms with Gasteiger partial charge in [-0.2, -0.15) is 0 Å². The van der Waals surface area contributed by atoms with E-state index < -0.39 is 23.9 Å². The maximum atomic E-state index is 11.9. The van der Waals surface area contributed by atoms with Gasteiger partial charge in [0.15, 0.2) is 0 Å². The normalized spacial score (nSPS) is 11.5. The molecular formula is C13H14ClNO5. The number of hydrogen-bond donors (Lipinski definition) is 2. The van der Waals surface area contributed by atoms with Crippen molar-refractivity contribution < 1.29 is 24.2 Å². The van der Waals surface area contributed by atoms with E-state index in [1.165, 1.54) is 31.4 Å². The highest BCUT2D eigenvalue weighted by Crippen LogP contribution is 2.10. The molecule has 0 heterocycles. The van der Waals surface area contributed by atoms with Crippen LogP contribution in [-0.4, -0.2) is 36.1 Å². The van der Waals surface area contributed by atoms with Crippen LogP contribution in [-0.2, 0) is 14.3 Å². The molecule has 1 amide bonds. The molecular weight excluding hydrogens is 286 g/mol. The van der Waals surface area contributed by atoms with Crippen molar-refractivity contribution >= 4 is 29.4 Å². The molecule has 108 valence electrons. The van der Waals surface area contributed by atoms with Gasteiger partial charge in [0, 0.05) is 17.0 Å². The first-order valence-corrected chi connectivity index (χ1v) is 6.18. The van der Waals surface area contributed by atoms with Gasteiger partial charge in [-0.25, -0.2) is 4.79 Å². The third kappa shape index (κ3) is 4.89. The van der Waals surface area contributed by atoms with E-state index in [-0.39, 0.29) is 12.8 Å². The molecule has 0 bridgehead atoms. The molecule has 1 aromatic rings. The number of carbonyl (C=O) groups is 3. The van der Waals surface area contributed by atoms with Crippen LogP contribution in [0.2, 0.25) is 5.02 Å². The van der Waals surface area contributed by atoms with Gasteiger partial charge in [0.1, 0.15) is 6.04 Å². The van der Waals surface area contributed by atoms with Crippen LogP contribution < -0.4 is 5.32 Å². The number of hydrogen-bond acceptors (Lipinski definition) is 4. The lowest BCUT2D eigenvalue weighted by molar-refractivity contribution is -0.142. The summed E-state index contributed by atoms with van der Waals surface area (Å²) in [5.74, 6) is -2.29. The van der Waals surface area contributed by atoms with E-state index in [1.807, 2.05) is 0 Å². The van der Waals surface area contributed by atoms with Gasteiger partial charge in [0.25, 0.3) is 5.91 Å². The predicted molar refractivity (Wildman–Crippen MR) is 71.6 cm³/mol. The Kier molecular flexibility index (Phi) is 5.99. The first-order chi connectivity index (χ1) is 9.43. The molecule has 0 aliphatic carbocycles. The zero-order chi connectivity index (χ0) is 15.1. The quantitative estimate of drug-likeness (QED) is 0.776. The Morgan fingerprint density at radius 1 is 1.30 bits per heavy atom. The smallest absolute Gasteiger partial charge is 0.326 e. The number of halogens is 1. The molecule has 7 heteroatoms. The van der Waals surface area contributed by atoms with Crippen molar-refractivity contribution in [2.24, 2.45) is 0 Å². The van der Waals surface area contributed by atoms with Gasteiger partial charge in [-0.15, -0.1) is 0 Å². The zero-order valence-electron chi connectivity index (χ0n) is 10.8. The summed E-state index contributed by atoms with van der Waals surface area (Å²) in [6, 6.07) is 4.87. The fourth-order valence-electron chi connectivity index (χ4n) is 1.46. The van der Waals surface area contributed by atoms with Crippen LogP contribution in [0, 0.1) is 0 Å². The standard InChI is InChI=1S/C13H14ClNO5/c1-20-11(16)7-6-10(13(18)19)15-12(17)8-2-4-9(14)5-3-8/h2-5,10H,6-7H2,1H3,(H,15,17)(H,18,19). The lowest BCUT2D eigenvalue weighted by Crippen LogP contribution is -2.41. The summed E-state index contributed by atoms with van der Waals surface area (Å²) in [4.78, 5) is 33.9. The first kappa shape index (κ1) is 16.0. The van der Waals surface area contributed by atoms with Crippen molar-refractivity contribution in [1.29, 1.82) is 0 Å². The van der Waals surface area contributed by atoms with Crippen LogP contribution in [0.3, 0.4) is 0 Å². The summed E-state index contributed by atoms with van der Waals surface area (Å²) >= 11 is 5.70. The fraction of sp³-hybridized carbons (Fsp3) is 0.308. The average Bonchev–Trinajstić information content (AvgIpc) is 2.43. The zero-order valence-corrected chi connectivity index (χ0v) is 11.5. The SMILES string of the molecule is COC(=O)CCC(NC(=O)c1ccc(Cl)cc1)C(=O)O. The number of nitrogens with one attached hydrogen (secondary N) is 1. The van der Waals surface area contributed by atoms with Crippen molar-refractivity contribution in [3.05, 3.63) is 34.9 Å². The molecule has 1 rings (SSSR count). The number of methoxy groups -OCH3 is 1. The Morgan fingerprint density at radius 3 is 2.40 bits per heavy atom. The van der Waals surface area contributed by atoms with E-state index >= 15 is 0 Å². The largest absolute Gasteiger partial charge is 0.480 e. The van der Waals surface area contributed by atoms with Gasteiger partial charge in [0.05, 0.1) is 7.11 Å². The Morgan fingerprint density at radius 2 is 1.90 bits per heavy atom. The predicted octanol–water partition coefficient (Wildman–Crippen LogP) is 1.48. The van der Waals surface area contributed by atoms with Crippen LogP contribution in [0.25, 0.3) is 0 Å². The van der Waals surface area contributed by atoms with Crippen LogP contribution in [0.1, 0.15) is 23.2 Å². The second kappa shape index (κ2) is 7.49. The summed E-state index contributed by atoms with van der Waals surface area (Å²) in [5, 5.41) is 11.8. The summed E-state index contributed by atoms with van der Waals surface area (Å²) in [6.45, 7) is 0. The topological polar surface area (TPSA) is 92.7 Å². The summed E-state index contributed by atoms with van der Waals surface area (Å²) in [5.41, 5.74) is 0.290. The molecule has 0 aromatic heterocycles. The van der Waals surface area contributed by atoms with Crippen molar-refractivity contribution in [2.75, 3.05) is 7.11 Å². The molecule has 2 N–H and O–H groups in total. The second-order valence-corrected chi connectivity index (χ2v) is 4.42. The first-order valence-electron chi connectivity index (χ1n) is 5.80. The molecule has 1 atom stereocenters. The molecule has 0 radical (unpaired) electrons. The number of aliphatic carboxylic acids is 1. The number of esters is 1. The molecule has 0 saturated heterocycles. The Bertz CT molecular complexity index is 500. The van der Waals surface area contributed by atoms with E-state index in [0.29, 0.717) is 10.6 Å². The van der Waals surface area contributed by atoms with Gasteiger partial charge in [-0.05, 0) is 30.7 Å². The van der Waals surface area contributed by atoms with Crippen LogP contribution in [0.15, 0.2) is 24.3 Å². The van der Waals surface area contributed by atoms with Gasteiger partial charge in [0.2, 0.25) is 0 Å². The molecule has 0 aliphatic heterocycles. The molecule has 0 spiro atoms. The van der Waals surface area contributed by atoms with Crippen molar-refractivity contribution in [3.8, 4) is 0 Å². The highest BCUT2D eigenvalue weighted by atomic mass is 35.5. The Labute approximate surface area is 120 Å². The molecule has 20 heavy (non-hydrogen) atoms. The highest BCUT2D eigenvalue weighted by Gasteiger charge is 2.21. The van der Waals surface area contributed by atoms with Crippen LogP contribution in [0.4, 0.5) is 0 Å². The number of carboxylic acid groups (broad SMARTS) is 1. The summed E-state index contributed by atoms with van der Waals surface area (Å²) < 4.78 is 4.42. The molecule has 6 nitrogen and oxygen atoms in total. The molecule has 0 aliphatic rings. The number of benzene rings is 1. The minimum Gasteiger partial charge on any atom is -0.480 e. The van der Waals surface area contributed by atoms with Crippen molar-refractivity contribution in [3.63, 3.8) is 0 Å². The Balaban J connectivity index is 2.65. The number of rotatable bonds is 6. The van der Waals surface area contributed by atoms with E-state index in [1.54, 1.807) is 0 Å². The third-order valence-electron chi connectivity index (χ3n) is 2.57. The number of ether oxygens (including phenoxy) is 1. The number of carboxylic acids is 1. The molecule has 0 fully saturated rings. The Hall–Kier alpha value is -2.08. The van der Waals surface area contributed by atoms with Gasteiger partial charge < -0.3 is 15.2 Å². The lowest BCUT2D eigenvalue weighted by atomic mass is 10.1. The summed E-state index contributed by atoms with van der Waals surface area (Å²) in [6.07, 6.45) is -0.129. The second-order valence-electron chi connectivity index (χ2n) is 3.99. The molecule has 1 aromatic carbocycles. The maximum absolute atomic E-state index is 11.9. The summed E-state index contributed by atoms with van der Waals surface area (Å²) in [7, 11) is 1.21. The van der Waals surface area contributed by atoms with Crippen LogP contribution in [0.5, 0.6) is 0 Å². The number of amides is 1. The third-order valence-corrected chi connectivity index (χ3v) is 2.83. The lowest BCUT2D eigenvalue weighted by Gasteiger charge is -2.13. The minimum atomic E-state index is -1.21. The highest BCUT2D eigenvalue weighted by molar-refractivity contribution is 6.30. The van der Waals surface area contributed by atoms with E-state index in [9.17, 15) is 14.4 Å². The average molecular weight is 300 g/mol. The molecule has 1 unspecified atom stereocenters. The fourth-order valence-corrected chi connectivity index (χ4v) is 1.59.